The fourth-order valence-corrected chi connectivity index (χ4v) is 1.80. The molecule has 5 heteroatoms. The molecule has 0 aliphatic heterocycles. The molecule has 0 radical (unpaired) electrons. The number of aromatic nitrogens is 1. The number of anilines is 1. The van der Waals surface area contributed by atoms with E-state index in [2.05, 4.69) is 18.7 Å². The first-order valence-electron chi connectivity index (χ1n) is 6.23. The van der Waals surface area contributed by atoms with Crippen LogP contribution >= 0.6 is 0 Å². The van der Waals surface area contributed by atoms with Crippen LogP contribution in [0.25, 0.3) is 0 Å². The van der Waals surface area contributed by atoms with E-state index in [1.54, 1.807) is 23.9 Å². The van der Waals surface area contributed by atoms with E-state index >= 15 is 0 Å². The molecule has 1 aromatic heterocycles. The summed E-state index contributed by atoms with van der Waals surface area (Å²) in [6.45, 7) is 7.29. The number of nitrogens with two attached hydrogens (primary N) is 1. The lowest BCUT2D eigenvalue weighted by Gasteiger charge is -2.26. The molecule has 0 fully saturated rings. The van der Waals surface area contributed by atoms with Gasteiger partial charge in [0.2, 0.25) is 0 Å². The summed E-state index contributed by atoms with van der Waals surface area (Å²) >= 11 is 0. The van der Waals surface area contributed by atoms with Crippen LogP contribution in [0.1, 0.15) is 13.8 Å². The zero-order valence-electron chi connectivity index (χ0n) is 11.4. The SMILES string of the molecule is COCCN(CCn1cc(N)ccc1=O)C(C)C. The van der Waals surface area contributed by atoms with Crippen molar-refractivity contribution in [1.82, 2.24) is 9.47 Å². The third-order valence-electron chi connectivity index (χ3n) is 2.95. The van der Waals surface area contributed by atoms with E-state index < -0.39 is 0 Å². The predicted octanol–water partition coefficient (Wildman–Crippen LogP) is 0.787. The second-order valence-corrected chi connectivity index (χ2v) is 4.62. The zero-order chi connectivity index (χ0) is 13.5. The average molecular weight is 253 g/mol. The molecule has 0 aliphatic carbocycles. The van der Waals surface area contributed by atoms with Gasteiger partial charge in [0, 0.05) is 50.7 Å². The molecule has 18 heavy (non-hydrogen) atoms. The number of rotatable bonds is 7. The van der Waals surface area contributed by atoms with Gasteiger partial charge in [-0.1, -0.05) is 0 Å². The van der Waals surface area contributed by atoms with Crippen molar-refractivity contribution in [3.8, 4) is 0 Å². The van der Waals surface area contributed by atoms with Crippen LogP contribution in [0.15, 0.2) is 23.1 Å². The number of nitrogens with zero attached hydrogens (tertiary/aromatic N) is 2. The molecule has 0 bridgehead atoms. The van der Waals surface area contributed by atoms with E-state index in [9.17, 15) is 4.79 Å². The largest absolute Gasteiger partial charge is 0.398 e. The minimum Gasteiger partial charge on any atom is -0.398 e. The molecule has 0 spiro atoms. The van der Waals surface area contributed by atoms with E-state index in [4.69, 9.17) is 10.5 Å². The van der Waals surface area contributed by atoms with Crippen LogP contribution in [0.4, 0.5) is 5.69 Å². The summed E-state index contributed by atoms with van der Waals surface area (Å²) in [6.07, 6.45) is 1.69. The Morgan fingerprint density at radius 1 is 1.39 bits per heavy atom. The Morgan fingerprint density at radius 2 is 2.11 bits per heavy atom. The maximum Gasteiger partial charge on any atom is 0.250 e. The lowest BCUT2D eigenvalue weighted by molar-refractivity contribution is 0.126. The van der Waals surface area contributed by atoms with Gasteiger partial charge in [0.25, 0.3) is 5.56 Å². The highest BCUT2D eigenvalue weighted by atomic mass is 16.5. The standard InChI is InChI=1S/C13H23N3O2/c1-11(2)15(8-9-18-3)6-7-16-10-12(14)4-5-13(16)17/h4-5,10-11H,6-9,14H2,1-3H3. The van der Waals surface area contributed by atoms with Gasteiger partial charge in [-0.3, -0.25) is 9.69 Å². The van der Waals surface area contributed by atoms with Crippen molar-refractivity contribution in [3.05, 3.63) is 28.7 Å². The monoisotopic (exact) mass is 253 g/mol. The second kappa shape index (κ2) is 7.18. The third kappa shape index (κ3) is 4.50. The molecule has 0 atom stereocenters. The van der Waals surface area contributed by atoms with Crippen molar-refractivity contribution in [2.45, 2.75) is 26.4 Å². The molecule has 102 valence electrons. The van der Waals surface area contributed by atoms with Crippen molar-refractivity contribution in [2.75, 3.05) is 32.5 Å². The summed E-state index contributed by atoms with van der Waals surface area (Å²) in [7, 11) is 1.70. The maximum absolute atomic E-state index is 11.6. The van der Waals surface area contributed by atoms with Crippen LogP contribution < -0.4 is 11.3 Å². The molecule has 0 saturated heterocycles. The fraction of sp³-hybridized carbons (Fsp3) is 0.615. The van der Waals surface area contributed by atoms with E-state index in [-0.39, 0.29) is 5.56 Å². The van der Waals surface area contributed by atoms with E-state index in [0.29, 0.717) is 24.9 Å². The van der Waals surface area contributed by atoms with Crippen molar-refractivity contribution in [2.24, 2.45) is 0 Å². The summed E-state index contributed by atoms with van der Waals surface area (Å²) in [6, 6.07) is 3.56. The molecule has 0 saturated carbocycles. The normalized spacial score (nSPS) is 11.4. The van der Waals surface area contributed by atoms with Gasteiger partial charge in [0.05, 0.1) is 6.61 Å². The van der Waals surface area contributed by atoms with Crippen molar-refractivity contribution >= 4 is 5.69 Å². The average Bonchev–Trinajstić information content (AvgIpc) is 2.33. The molecule has 1 aromatic rings. The molecule has 1 rings (SSSR count). The topological polar surface area (TPSA) is 60.5 Å². The lowest BCUT2D eigenvalue weighted by Crippen LogP contribution is -2.37. The second-order valence-electron chi connectivity index (χ2n) is 4.62. The zero-order valence-corrected chi connectivity index (χ0v) is 11.4. The van der Waals surface area contributed by atoms with Crippen molar-refractivity contribution in [1.29, 1.82) is 0 Å². The Balaban J connectivity index is 2.61. The first kappa shape index (κ1) is 14.7. The number of hydrogen-bond donors (Lipinski definition) is 1. The minimum absolute atomic E-state index is 0.0142. The molecular weight excluding hydrogens is 230 g/mol. The summed E-state index contributed by atoms with van der Waals surface area (Å²) in [5.74, 6) is 0. The van der Waals surface area contributed by atoms with Crippen LogP contribution in [-0.2, 0) is 11.3 Å². The Hall–Kier alpha value is -1.33. The Labute approximate surface area is 108 Å². The van der Waals surface area contributed by atoms with E-state index in [1.807, 2.05) is 0 Å². The first-order valence-corrected chi connectivity index (χ1v) is 6.23. The van der Waals surface area contributed by atoms with Gasteiger partial charge in [0.15, 0.2) is 0 Å². The molecule has 2 N–H and O–H groups in total. The quantitative estimate of drug-likeness (QED) is 0.780. The fourth-order valence-electron chi connectivity index (χ4n) is 1.80. The highest BCUT2D eigenvalue weighted by Gasteiger charge is 2.09. The highest BCUT2D eigenvalue weighted by molar-refractivity contribution is 5.33. The van der Waals surface area contributed by atoms with Crippen LogP contribution in [0, 0.1) is 0 Å². The maximum atomic E-state index is 11.6. The molecule has 1 heterocycles. The van der Waals surface area contributed by atoms with Crippen molar-refractivity contribution < 1.29 is 4.74 Å². The van der Waals surface area contributed by atoms with Gasteiger partial charge >= 0.3 is 0 Å². The number of hydrogen-bond acceptors (Lipinski definition) is 4. The van der Waals surface area contributed by atoms with Gasteiger partial charge in [-0.25, -0.2) is 0 Å². The summed E-state index contributed by atoms with van der Waals surface area (Å²) in [5, 5.41) is 0. The predicted molar refractivity (Wildman–Crippen MR) is 73.7 cm³/mol. The number of pyridine rings is 1. The van der Waals surface area contributed by atoms with Gasteiger partial charge in [-0.05, 0) is 19.9 Å². The van der Waals surface area contributed by atoms with Crippen molar-refractivity contribution in [3.63, 3.8) is 0 Å². The van der Waals surface area contributed by atoms with Crippen LogP contribution in [0.5, 0.6) is 0 Å². The molecule has 0 amide bonds. The molecule has 0 aromatic carbocycles. The number of ether oxygens (including phenoxy) is 1. The Bertz CT molecular complexity index is 415. The molecule has 0 unspecified atom stereocenters. The summed E-state index contributed by atoms with van der Waals surface area (Å²) < 4.78 is 6.74. The lowest BCUT2D eigenvalue weighted by atomic mass is 10.3. The van der Waals surface area contributed by atoms with Crippen LogP contribution in [0.3, 0.4) is 0 Å². The first-order chi connectivity index (χ1) is 8.54. The van der Waals surface area contributed by atoms with Gasteiger partial charge in [-0.2, -0.15) is 0 Å². The third-order valence-corrected chi connectivity index (χ3v) is 2.95. The van der Waals surface area contributed by atoms with E-state index in [0.717, 1.165) is 13.1 Å². The van der Waals surface area contributed by atoms with E-state index in [1.165, 1.54) is 6.07 Å². The molecular formula is C13H23N3O2. The minimum atomic E-state index is -0.0142. The molecule has 5 nitrogen and oxygen atoms in total. The smallest absolute Gasteiger partial charge is 0.250 e. The molecule has 0 aliphatic rings. The van der Waals surface area contributed by atoms with Gasteiger partial charge < -0.3 is 15.0 Å². The Kier molecular flexibility index (Phi) is 5.88. The highest BCUT2D eigenvalue weighted by Crippen LogP contribution is 2.00. The summed E-state index contributed by atoms with van der Waals surface area (Å²) in [4.78, 5) is 13.9. The van der Waals surface area contributed by atoms with Crippen LogP contribution in [0.2, 0.25) is 0 Å². The number of nitrogen functional groups attached to an aromatic ring is 1. The van der Waals surface area contributed by atoms with Crippen LogP contribution in [-0.4, -0.2) is 42.3 Å². The Morgan fingerprint density at radius 3 is 2.72 bits per heavy atom. The van der Waals surface area contributed by atoms with Gasteiger partial charge in [0.1, 0.15) is 0 Å². The summed E-state index contributed by atoms with van der Waals surface area (Å²) in [5.41, 5.74) is 6.28. The number of methoxy groups -OCH3 is 1. The van der Waals surface area contributed by atoms with Gasteiger partial charge in [-0.15, -0.1) is 0 Å².